The lowest BCUT2D eigenvalue weighted by Crippen LogP contribution is -2.45. The third kappa shape index (κ3) is 2.58. The Morgan fingerprint density at radius 1 is 1.25 bits per heavy atom. The van der Waals surface area contributed by atoms with E-state index in [1.54, 1.807) is 0 Å². The Morgan fingerprint density at radius 2 is 2.08 bits per heavy atom. The van der Waals surface area contributed by atoms with E-state index >= 15 is 0 Å². The molecule has 0 aliphatic carbocycles. The molecule has 3 aliphatic heterocycles. The number of carbonyl (C=O) groups is 2. The molecule has 3 saturated heterocycles. The molecule has 2 amide bonds. The molecule has 2 atom stereocenters. The standard InChI is InChI=1S/C19H23N3O2/c1-21-15-8-6-14(19(21)24)11-22(12-15)18(23)9-7-13-10-20-17-5-3-2-4-16(13)17/h2-5,10,14-15,20H,6-9,11-12H2,1H3/t14-,15+/m1/s1. The number of nitrogens with one attached hydrogen (secondary N) is 1. The van der Waals surface area contributed by atoms with Crippen molar-refractivity contribution in [3.63, 3.8) is 0 Å². The van der Waals surface area contributed by atoms with Gasteiger partial charge in [-0.3, -0.25) is 9.59 Å². The predicted molar refractivity (Wildman–Crippen MR) is 92.5 cm³/mol. The number of carbonyl (C=O) groups excluding carboxylic acids is 2. The van der Waals surface area contributed by atoms with Crippen LogP contribution in [0.3, 0.4) is 0 Å². The summed E-state index contributed by atoms with van der Waals surface area (Å²) in [6.07, 6.45) is 5.16. The van der Waals surface area contributed by atoms with Crippen LogP contribution in [0.1, 0.15) is 24.8 Å². The van der Waals surface area contributed by atoms with Crippen molar-refractivity contribution in [2.75, 3.05) is 20.1 Å². The van der Waals surface area contributed by atoms with E-state index in [-0.39, 0.29) is 23.8 Å². The number of hydrogen-bond donors (Lipinski definition) is 1. The van der Waals surface area contributed by atoms with Gasteiger partial charge in [0.05, 0.1) is 5.92 Å². The number of benzene rings is 1. The van der Waals surface area contributed by atoms with Gasteiger partial charge < -0.3 is 14.8 Å². The molecule has 0 saturated carbocycles. The highest BCUT2D eigenvalue weighted by Crippen LogP contribution is 2.28. The second-order valence-electron chi connectivity index (χ2n) is 7.04. The number of piperidine rings is 1. The first-order chi connectivity index (χ1) is 11.6. The molecule has 1 aromatic heterocycles. The van der Waals surface area contributed by atoms with Crippen LogP contribution >= 0.6 is 0 Å². The van der Waals surface area contributed by atoms with Crippen molar-refractivity contribution in [3.8, 4) is 0 Å². The number of amides is 2. The molecular weight excluding hydrogens is 302 g/mol. The summed E-state index contributed by atoms with van der Waals surface area (Å²) < 4.78 is 0. The second kappa shape index (κ2) is 5.96. The van der Waals surface area contributed by atoms with Gasteiger partial charge in [0, 0.05) is 49.7 Å². The van der Waals surface area contributed by atoms with E-state index < -0.39 is 0 Å². The summed E-state index contributed by atoms with van der Waals surface area (Å²) in [5.41, 5.74) is 2.30. The van der Waals surface area contributed by atoms with Crippen molar-refractivity contribution < 1.29 is 9.59 Å². The van der Waals surface area contributed by atoms with E-state index in [1.165, 1.54) is 10.9 Å². The Kier molecular flexibility index (Phi) is 3.79. The maximum Gasteiger partial charge on any atom is 0.227 e. The van der Waals surface area contributed by atoms with E-state index in [0.29, 0.717) is 19.5 Å². The quantitative estimate of drug-likeness (QED) is 0.940. The van der Waals surface area contributed by atoms with Crippen molar-refractivity contribution in [2.24, 2.45) is 5.92 Å². The van der Waals surface area contributed by atoms with Crippen molar-refractivity contribution in [3.05, 3.63) is 36.0 Å². The molecule has 1 aromatic carbocycles. The SMILES string of the molecule is CN1C(=O)[C@@H]2CC[C@H]1CN(C(=O)CCc1c[nH]c3ccccc13)C2. The largest absolute Gasteiger partial charge is 0.361 e. The van der Waals surface area contributed by atoms with Gasteiger partial charge in [-0.25, -0.2) is 0 Å². The first-order valence-electron chi connectivity index (χ1n) is 8.73. The number of fused-ring (bicyclic) bond motifs is 5. The van der Waals surface area contributed by atoms with Gasteiger partial charge in [-0.05, 0) is 30.9 Å². The molecule has 1 N–H and O–H groups in total. The highest BCUT2D eigenvalue weighted by atomic mass is 16.2. The van der Waals surface area contributed by atoms with Gasteiger partial charge in [0.2, 0.25) is 11.8 Å². The molecule has 5 rings (SSSR count). The number of rotatable bonds is 3. The van der Waals surface area contributed by atoms with Crippen LogP contribution in [-0.4, -0.2) is 52.8 Å². The van der Waals surface area contributed by atoms with Crippen LogP contribution in [0.2, 0.25) is 0 Å². The van der Waals surface area contributed by atoms with E-state index in [0.717, 1.165) is 24.8 Å². The van der Waals surface area contributed by atoms with Crippen LogP contribution in [0.4, 0.5) is 0 Å². The van der Waals surface area contributed by atoms with Gasteiger partial charge in [0.25, 0.3) is 0 Å². The van der Waals surface area contributed by atoms with Crippen LogP contribution in [0.15, 0.2) is 30.5 Å². The molecule has 126 valence electrons. The molecule has 0 spiro atoms. The summed E-state index contributed by atoms with van der Waals surface area (Å²) in [5, 5.41) is 1.19. The number of aryl methyl sites for hydroxylation is 1. The van der Waals surface area contributed by atoms with Crippen LogP contribution in [0.5, 0.6) is 0 Å². The Hall–Kier alpha value is -2.30. The maximum atomic E-state index is 12.7. The first kappa shape index (κ1) is 15.2. The summed E-state index contributed by atoms with van der Waals surface area (Å²) in [4.78, 5) is 32.0. The average molecular weight is 325 g/mol. The molecule has 4 heterocycles. The fourth-order valence-corrected chi connectivity index (χ4v) is 4.10. The van der Waals surface area contributed by atoms with E-state index in [2.05, 4.69) is 17.1 Å². The first-order valence-corrected chi connectivity index (χ1v) is 8.73. The molecule has 5 heteroatoms. The normalized spacial score (nSPS) is 23.8. The van der Waals surface area contributed by atoms with E-state index in [1.807, 2.05) is 35.2 Å². The van der Waals surface area contributed by atoms with Crippen LogP contribution in [0, 0.1) is 5.92 Å². The summed E-state index contributed by atoms with van der Waals surface area (Å²) in [6, 6.07) is 8.36. The van der Waals surface area contributed by atoms with Crippen molar-refractivity contribution >= 4 is 22.7 Å². The highest BCUT2D eigenvalue weighted by molar-refractivity contribution is 5.85. The Labute approximate surface area is 141 Å². The number of aromatic nitrogens is 1. The van der Waals surface area contributed by atoms with Crippen molar-refractivity contribution in [1.29, 1.82) is 0 Å². The summed E-state index contributed by atoms with van der Waals surface area (Å²) in [7, 11) is 1.87. The fourth-order valence-electron chi connectivity index (χ4n) is 4.10. The van der Waals surface area contributed by atoms with Crippen LogP contribution < -0.4 is 0 Å². The topological polar surface area (TPSA) is 56.4 Å². The summed E-state index contributed by atoms with van der Waals surface area (Å²) in [5.74, 6) is 0.365. The van der Waals surface area contributed by atoms with Gasteiger partial charge in [-0.15, -0.1) is 0 Å². The second-order valence-corrected chi connectivity index (χ2v) is 7.04. The zero-order valence-electron chi connectivity index (χ0n) is 14.0. The lowest BCUT2D eigenvalue weighted by atomic mass is 9.95. The number of hydrogen-bond acceptors (Lipinski definition) is 2. The molecule has 0 radical (unpaired) electrons. The number of aromatic amines is 1. The fraction of sp³-hybridized carbons (Fsp3) is 0.474. The lowest BCUT2D eigenvalue weighted by molar-refractivity contribution is -0.138. The zero-order chi connectivity index (χ0) is 16.7. The monoisotopic (exact) mass is 325 g/mol. The Bertz CT molecular complexity index is 782. The Balaban J connectivity index is 1.44. The lowest BCUT2D eigenvalue weighted by Gasteiger charge is -2.32. The van der Waals surface area contributed by atoms with Crippen LogP contribution in [0.25, 0.3) is 10.9 Å². The van der Waals surface area contributed by atoms with E-state index in [9.17, 15) is 9.59 Å². The third-order valence-electron chi connectivity index (χ3n) is 5.60. The highest BCUT2D eigenvalue weighted by Gasteiger charge is 2.39. The number of H-pyrrole nitrogens is 1. The van der Waals surface area contributed by atoms with Gasteiger partial charge in [0.1, 0.15) is 0 Å². The van der Waals surface area contributed by atoms with Gasteiger partial charge in [0.15, 0.2) is 0 Å². The average Bonchev–Trinajstić information content (AvgIpc) is 2.81. The van der Waals surface area contributed by atoms with Gasteiger partial charge >= 0.3 is 0 Å². The van der Waals surface area contributed by atoms with E-state index in [4.69, 9.17) is 0 Å². The molecule has 0 unspecified atom stereocenters. The maximum absolute atomic E-state index is 12.7. The molecule has 5 nitrogen and oxygen atoms in total. The number of nitrogens with zero attached hydrogens (tertiary/aromatic N) is 2. The Morgan fingerprint density at radius 3 is 2.96 bits per heavy atom. The minimum Gasteiger partial charge on any atom is -0.361 e. The third-order valence-corrected chi connectivity index (χ3v) is 5.60. The van der Waals surface area contributed by atoms with Crippen molar-refractivity contribution in [1.82, 2.24) is 14.8 Å². The smallest absolute Gasteiger partial charge is 0.227 e. The molecule has 2 bridgehead atoms. The minimum absolute atomic E-state index is 0.00853. The molecule has 3 fully saturated rings. The summed E-state index contributed by atoms with van der Waals surface area (Å²) >= 11 is 0. The van der Waals surface area contributed by atoms with Crippen LogP contribution in [-0.2, 0) is 16.0 Å². The number of para-hydroxylation sites is 1. The molecular formula is C19H23N3O2. The van der Waals surface area contributed by atoms with Crippen molar-refractivity contribution in [2.45, 2.75) is 31.7 Å². The molecule has 3 aliphatic rings. The minimum atomic E-state index is -0.00853. The molecule has 24 heavy (non-hydrogen) atoms. The zero-order valence-corrected chi connectivity index (χ0v) is 14.0. The van der Waals surface area contributed by atoms with Gasteiger partial charge in [-0.2, -0.15) is 0 Å². The predicted octanol–water partition coefficient (Wildman–Crippen LogP) is 2.18. The van der Waals surface area contributed by atoms with Gasteiger partial charge in [-0.1, -0.05) is 18.2 Å². The number of likely N-dealkylation sites (N-methyl/N-ethyl adjacent to an activating group) is 1. The summed E-state index contributed by atoms with van der Waals surface area (Å²) in [6.45, 7) is 1.28. The molecule has 2 aromatic rings.